The molecule has 1 N–H and O–H groups in total. The highest BCUT2D eigenvalue weighted by atomic mass is 16.5. The van der Waals surface area contributed by atoms with E-state index in [2.05, 4.69) is 11.4 Å². The third-order valence-electron chi connectivity index (χ3n) is 5.02. The molecule has 1 saturated carbocycles. The molecule has 0 aromatic heterocycles. The fourth-order valence-electron chi connectivity index (χ4n) is 3.40. The molecule has 1 atom stereocenters. The molecule has 0 saturated heterocycles. The summed E-state index contributed by atoms with van der Waals surface area (Å²) in [6.45, 7) is 2.72. The van der Waals surface area contributed by atoms with Gasteiger partial charge in [0.25, 0.3) is 0 Å². The first-order valence-corrected chi connectivity index (χ1v) is 8.28. The lowest BCUT2D eigenvalue weighted by Gasteiger charge is -2.32. The molecule has 0 radical (unpaired) electrons. The largest absolute Gasteiger partial charge is 0.468 e. The first-order chi connectivity index (χ1) is 11.1. The molecule has 2 aliphatic rings. The molecule has 124 valence electrons. The van der Waals surface area contributed by atoms with Crippen molar-refractivity contribution in [3.05, 3.63) is 29.8 Å². The highest BCUT2D eigenvalue weighted by Crippen LogP contribution is 2.40. The van der Waals surface area contributed by atoms with E-state index in [1.165, 1.54) is 12.7 Å². The summed E-state index contributed by atoms with van der Waals surface area (Å²) >= 11 is 0. The van der Waals surface area contributed by atoms with E-state index < -0.39 is 5.54 Å². The Morgan fingerprint density at radius 2 is 2.09 bits per heavy atom. The molecule has 1 heterocycles. The van der Waals surface area contributed by atoms with Crippen molar-refractivity contribution in [2.75, 3.05) is 25.1 Å². The molecular formula is C18H24N2O3. The number of nitrogens with one attached hydrogen (secondary N) is 1. The summed E-state index contributed by atoms with van der Waals surface area (Å²) in [5.41, 5.74) is 1.45. The van der Waals surface area contributed by atoms with Crippen LogP contribution in [0, 0.1) is 5.92 Å². The number of carbonyl (C=O) groups excluding carboxylic acids is 2. The van der Waals surface area contributed by atoms with E-state index >= 15 is 0 Å². The third-order valence-corrected chi connectivity index (χ3v) is 5.02. The molecule has 5 heteroatoms. The van der Waals surface area contributed by atoms with E-state index in [-0.39, 0.29) is 24.3 Å². The Labute approximate surface area is 137 Å². The van der Waals surface area contributed by atoms with Crippen LogP contribution in [0.2, 0.25) is 0 Å². The van der Waals surface area contributed by atoms with Gasteiger partial charge in [-0.1, -0.05) is 18.2 Å². The highest BCUT2D eigenvalue weighted by molar-refractivity contribution is 5.96. The Hall–Kier alpha value is -1.88. The molecule has 1 aliphatic carbocycles. The number of amides is 1. The van der Waals surface area contributed by atoms with Gasteiger partial charge in [-0.3, -0.25) is 14.9 Å². The quantitative estimate of drug-likeness (QED) is 0.843. The van der Waals surface area contributed by atoms with Gasteiger partial charge in [0.2, 0.25) is 5.91 Å². The first kappa shape index (κ1) is 16.0. The van der Waals surface area contributed by atoms with E-state index in [0.29, 0.717) is 0 Å². The van der Waals surface area contributed by atoms with Crippen molar-refractivity contribution >= 4 is 17.6 Å². The molecule has 23 heavy (non-hydrogen) atoms. The van der Waals surface area contributed by atoms with Crippen molar-refractivity contribution in [2.24, 2.45) is 5.92 Å². The smallest absolute Gasteiger partial charge is 0.326 e. The van der Waals surface area contributed by atoms with Crippen molar-refractivity contribution in [1.29, 1.82) is 0 Å². The molecule has 5 nitrogen and oxygen atoms in total. The molecular weight excluding hydrogens is 292 g/mol. The number of anilines is 1. The number of esters is 1. The lowest BCUT2D eigenvalue weighted by Crippen LogP contribution is -2.55. The van der Waals surface area contributed by atoms with Gasteiger partial charge in [0, 0.05) is 12.2 Å². The molecule has 1 aromatic rings. The van der Waals surface area contributed by atoms with Gasteiger partial charge in [-0.05, 0) is 50.2 Å². The SMILES string of the molecule is COC(=O)[C@](C)(NCC(=O)N1CCCc2ccccc21)C1CC1. The minimum Gasteiger partial charge on any atom is -0.468 e. The van der Waals surface area contributed by atoms with Crippen molar-refractivity contribution < 1.29 is 14.3 Å². The number of nitrogens with zero attached hydrogens (tertiary/aromatic N) is 1. The minimum absolute atomic E-state index is 0.00734. The van der Waals surface area contributed by atoms with E-state index in [0.717, 1.165) is 37.9 Å². The molecule has 0 spiro atoms. The van der Waals surface area contributed by atoms with Crippen LogP contribution in [-0.2, 0) is 20.7 Å². The zero-order chi connectivity index (χ0) is 16.4. The molecule has 1 fully saturated rings. The van der Waals surface area contributed by atoms with E-state index in [4.69, 9.17) is 4.74 Å². The number of methoxy groups -OCH3 is 1. The van der Waals surface area contributed by atoms with Crippen LogP contribution in [0.4, 0.5) is 5.69 Å². The molecule has 0 unspecified atom stereocenters. The normalized spacial score (nSPS) is 19.7. The van der Waals surface area contributed by atoms with Gasteiger partial charge in [0.05, 0.1) is 13.7 Å². The molecule has 1 amide bonds. The second kappa shape index (κ2) is 6.32. The molecule has 0 bridgehead atoms. The zero-order valence-electron chi connectivity index (χ0n) is 13.8. The van der Waals surface area contributed by atoms with Crippen molar-refractivity contribution in [2.45, 2.75) is 38.1 Å². The van der Waals surface area contributed by atoms with Crippen LogP contribution in [0.5, 0.6) is 0 Å². The average molecular weight is 316 g/mol. The summed E-state index contributed by atoms with van der Waals surface area (Å²) in [5.74, 6) is -0.0174. The van der Waals surface area contributed by atoms with Crippen molar-refractivity contribution in [3.63, 3.8) is 0 Å². The number of fused-ring (bicyclic) bond motifs is 1. The van der Waals surface area contributed by atoms with Crippen LogP contribution >= 0.6 is 0 Å². The number of benzene rings is 1. The van der Waals surface area contributed by atoms with Crippen LogP contribution in [0.3, 0.4) is 0 Å². The van der Waals surface area contributed by atoms with Crippen LogP contribution in [-0.4, -0.2) is 37.6 Å². The summed E-state index contributed by atoms with van der Waals surface area (Å²) in [6, 6.07) is 8.03. The van der Waals surface area contributed by atoms with Gasteiger partial charge >= 0.3 is 5.97 Å². The predicted octanol–water partition coefficient (Wildman–Crippen LogP) is 1.90. The molecule has 1 aromatic carbocycles. The number of para-hydroxylation sites is 1. The number of hydrogen-bond donors (Lipinski definition) is 1. The van der Waals surface area contributed by atoms with Gasteiger partial charge in [0.1, 0.15) is 5.54 Å². The van der Waals surface area contributed by atoms with Crippen LogP contribution in [0.25, 0.3) is 0 Å². The number of rotatable bonds is 5. The van der Waals surface area contributed by atoms with Gasteiger partial charge in [-0.15, -0.1) is 0 Å². The maximum Gasteiger partial charge on any atom is 0.326 e. The summed E-state index contributed by atoms with van der Waals surface area (Å²) in [7, 11) is 1.40. The van der Waals surface area contributed by atoms with Gasteiger partial charge in [-0.2, -0.15) is 0 Å². The lowest BCUT2D eigenvalue weighted by molar-refractivity contribution is -0.149. The van der Waals surface area contributed by atoms with E-state index in [1.807, 2.05) is 30.0 Å². The summed E-state index contributed by atoms with van der Waals surface area (Å²) in [4.78, 5) is 26.6. The van der Waals surface area contributed by atoms with Crippen LogP contribution in [0.15, 0.2) is 24.3 Å². The second-order valence-electron chi connectivity index (χ2n) is 6.60. The monoisotopic (exact) mass is 316 g/mol. The first-order valence-electron chi connectivity index (χ1n) is 8.28. The zero-order valence-corrected chi connectivity index (χ0v) is 13.8. The molecule has 1 aliphatic heterocycles. The topological polar surface area (TPSA) is 58.6 Å². The van der Waals surface area contributed by atoms with E-state index in [1.54, 1.807) is 0 Å². The minimum atomic E-state index is -0.764. The number of hydrogen-bond acceptors (Lipinski definition) is 4. The highest BCUT2D eigenvalue weighted by Gasteiger charge is 2.48. The summed E-state index contributed by atoms with van der Waals surface area (Å²) < 4.78 is 4.92. The van der Waals surface area contributed by atoms with Gasteiger partial charge < -0.3 is 9.64 Å². The number of carbonyl (C=O) groups is 2. The number of aryl methyl sites for hydroxylation is 1. The van der Waals surface area contributed by atoms with Crippen molar-refractivity contribution in [1.82, 2.24) is 5.32 Å². The standard InChI is InChI=1S/C18H24N2O3/c1-18(14-9-10-14,17(22)23-2)19-12-16(21)20-11-5-7-13-6-3-4-8-15(13)20/h3-4,6,8,14,19H,5,7,9-12H2,1-2H3/t18-/m1/s1. The summed E-state index contributed by atoms with van der Waals surface area (Å²) in [5, 5.41) is 3.17. The maximum atomic E-state index is 12.7. The van der Waals surface area contributed by atoms with Gasteiger partial charge in [-0.25, -0.2) is 0 Å². The molecule has 3 rings (SSSR count). The summed E-state index contributed by atoms with van der Waals surface area (Å²) in [6.07, 6.45) is 3.98. The Balaban J connectivity index is 1.69. The second-order valence-corrected chi connectivity index (χ2v) is 6.60. The number of ether oxygens (including phenoxy) is 1. The third kappa shape index (κ3) is 3.11. The maximum absolute atomic E-state index is 12.7. The van der Waals surface area contributed by atoms with Crippen LogP contribution < -0.4 is 10.2 Å². The average Bonchev–Trinajstić information content (AvgIpc) is 3.43. The fraction of sp³-hybridized carbons (Fsp3) is 0.556. The van der Waals surface area contributed by atoms with Gasteiger partial charge in [0.15, 0.2) is 0 Å². The Kier molecular flexibility index (Phi) is 4.39. The Bertz CT molecular complexity index is 612. The predicted molar refractivity (Wildman–Crippen MR) is 88.3 cm³/mol. The fourth-order valence-corrected chi connectivity index (χ4v) is 3.40. The van der Waals surface area contributed by atoms with Crippen molar-refractivity contribution in [3.8, 4) is 0 Å². The Morgan fingerprint density at radius 1 is 1.35 bits per heavy atom. The Morgan fingerprint density at radius 3 is 2.78 bits per heavy atom. The van der Waals surface area contributed by atoms with Crippen LogP contribution in [0.1, 0.15) is 31.7 Å². The lowest BCUT2D eigenvalue weighted by atomic mass is 9.95. The van der Waals surface area contributed by atoms with E-state index in [9.17, 15) is 9.59 Å².